The van der Waals surface area contributed by atoms with Gasteiger partial charge in [0.2, 0.25) is 5.91 Å². The Hall–Kier alpha value is -2.74. The smallest absolute Gasteiger partial charge is 0.278 e. The number of nitrogens with zero attached hydrogens (tertiary/aromatic N) is 5. The lowest BCUT2D eigenvalue weighted by atomic mass is 10.1. The minimum atomic E-state index is -0.136. The molecular formula is C16H20N6O2. The molecule has 1 aromatic heterocycles. The van der Waals surface area contributed by atoms with Crippen LogP contribution in [-0.2, 0) is 18.3 Å². The Morgan fingerprint density at radius 3 is 2.83 bits per heavy atom. The minimum absolute atomic E-state index is 0.0378. The van der Waals surface area contributed by atoms with Gasteiger partial charge in [-0.2, -0.15) is 0 Å². The van der Waals surface area contributed by atoms with Crippen LogP contribution in [0.2, 0.25) is 0 Å². The van der Waals surface area contributed by atoms with E-state index in [9.17, 15) is 9.59 Å². The molecule has 0 atom stereocenters. The molecule has 3 rings (SSSR count). The summed E-state index contributed by atoms with van der Waals surface area (Å²) in [7, 11) is 5.15. The maximum atomic E-state index is 12.7. The molecule has 1 N–H and O–H groups in total. The molecule has 1 aliphatic heterocycles. The average molecular weight is 328 g/mol. The summed E-state index contributed by atoms with van der Waals surface area (Å²) >= 11 is 0. The van der Waals surface area contributed by atoms with Gasteiger partial charge in [-0.25, -0.2) is 4.68 Å². The molecule has 0 saturated heterocycles. The third-order valence-electron chi connectivity index (χ3n) is 4.23. The molecule has 0 spiro atoms. The molecule has 2 aromatic rings. The summed E-state index contributed by atoms with van der Waals surface area (Å²) in [6.45, 7) is 0.869. The van der Waals surface area contributed by atoms with Crippen molar-refractivity contribution in [2.24, 2.45) is 7.05 Å². The number of hydrogen-bond acceptors (Lipinski definition) is 5. The Kier molecular flexibility index (Phi) is 4.30. The summed E-state index contributed by atoms with van der Waals surface area (Å²) in [6.07, 6.45) is 2.26. The van der Waals surface area contributed by atoms with E-state index in [0.29, 0.717) is 12.2 Å². The number of carbonyl (C=O) groups excluding carboxylic acids is 2. The largest absolute Gasteiger partial charge is 0.314 e. The van der Waals surface area contributed by atoms with E-state index in [1.165, 1.54) is 10.9 Å². The monoisotopic (exact) mass is 328 g/mol. The first kappa shape index (κ1) is 16.1. The highest BCUT2D eigenvalue weighted by molar-refractivity contribution is 6.06. The molecule has 0 unspecified atom stereocenters. The molecule has 8 nitrogen and oxygen atoms in total. The van der Waals surface area contributed by atoms with E-state index in [4.69, 9.17) is 0 Å². The molecule has 1 aromatic carbocycles. The Labute approximate surface area is 140 Å². The molecule has 0 aliphatic carbocycles. The zero-order valence-electron chi connectivity index (χ0n) is 14.0. The predicted molar refractivity (Wildman–Crippen MR) is 90.2 cm³/mol. The Morgan fingerprint density at radius 1 is 1.38 bits per heavy atom. The van der Waals surface area contributed by atoms with Gasteiger partial charge in [-0.15, -0.1) is 5.10 Å². The van der Waals surface area contributed by atoms with Crippen LogP contribution in [0.3, 0.4) is 0 Å². The van der Waals surface area contributed by atoms with E-state index in [1.54, 1.807) is 30.9 Å². The summed E-state index contributed by atoms with van der Waals surface area (Å²) in [5.41, 5.74) is 3.13. The Balaban J connectivity index is 1.90. The molecule has 8 heteroatoms. The number of aromatic nitrogens is 3. The molecule has 1 aliphatic rings. The highest BCUT2D eigenvalue weighted by atomic mass is 16.2. The molecule has 0 bridgehead atoms. The van der Waals surface area contributed by atoms with Crippen molar-refractivity contribution < 1.29 is 9.59 Å². The van der Waals surface area contributed by atoms with Gasteiger partial charge >= 0.3 is 0 Å². The van der Waals surface area contributed by atoms with Crippen molar-refractivity contribution in [2.45, 2.75) is 6.42 Å². The average Bonchev–Trinajstić information content (AvgIpc) is 3.19. The Morgan fingerprint density at radius 2 is 2.17 bits per heavy atom. The van der Waals surface area contributed by atoms with Crippen molar-refractivity contribution in [3.63, 3.8) is 0 Å². The van der Waals surface area contributed by atoms with Crippen molar-refractivity contribution in [2.75, 3.05) is 37.0 Å². The van der Waals surface area contributed by atoms with Crippen LogP contribution in [0.4, 0.5) is 11.4 Å². The number of anilines is 2. The van der Waals surface area contributed by atoms with Crippen LogP contribution in [0.15, 0.2) is 24.4 Å². The van der Waals surface area contributed by atoms with Crippen molar-refractivity contribution in [1.29, 1.82) is 0 Å². The van der Waals surface area contributed by atoms with E-state index in [0.717, 1.165) is 23.4 Å². The molecule has 2 heterocycles. The van der Waals surface area contributed by atoms with Crippen LogP contribution in [0, 0.1) is 0 Å². The van der Waals surface area contributed by atoms with Gasteiger partial charge in [0.05, 0.1) is 12.7 Å². The number of benzene rings is 1. The van der Waals surface area contributed by atoms with Crippen molar-refractivity contribution in [1.82, 2.24) is 20.3 Å². The van der Waals surface area contributed by atoms with Crippen LogP contribution < -0.4 is 15.1 Å². The fourth-order valence-electron chi connectivity index (χ4n) is 2.82. The summed E-state index contributed by atoms with van der Waals surface area (Å²) in [5, 5.41) is 10.4. The number of fused-ring (bicyclic) bond motifs is 1. The van der Waals surface area contributed by atoms with Crippen LogP contribution in [0.25, 0.3) is 0 Å². The molecule has 126 valence electrons. The lowest BCUT2D eigenvalue weighted by Gasteiger charge is -2.21. The summed E-state index contributed by atoms with van der Waals surface area (Å²) < 4.78 is 1.47. The lowest BCUT2D eigenvalue weighted by Crippen LogP contribution is -2.34. The SMILES string of the molecule is CNCC(=O)N(C)c1ccc2c(c1)N(C(=O)c1cnnn1C)CC2. The highest BCUT2D eigenvalue weighted by Crippen LogP contribution is 2.32. The second kappa shape index (κ2) is 6.40. The van der Waals surface area contributed by atoms with E-state index in [-0.39, 0.29) is 18.4 Å². The Bertz CT molecular complexity index is 785. The summed E-state index contributed by atoms with van der Waals surface area (Å²) in [5.74, 6) is -0.174. The number of nitrogens with one attached hydrogen (secondary N) is 1. The fourth-order valence-corrected chi connectivity index (χ4v) is 2.82. The highest BCUT2D eigenvalue weighted by Gasteiger charge is 2.28. The van der Waals surface area contributed by atoms with E-state index >= 15 is 0 Å². The van der Waals surface area contributed by atoms with Gasteiger partial charge in [0.25, 0.3) is 5.91 Å². The maximum Gasteiger partial charge on any atom is 0.278 e. The lowest BCUT2D eigenvalue weighted by molar-refractivity contribution is -0.117. The van der Waals surface area contributed by atoms with Crippen LogP contribution in [0.1, 0.15) is 16.1 Å². The van der Waals surface area contributed by atoms with Gasteiger partial charge in [-0.1, -0.05) is 11.3 Å². The van der Waals surface area contributed by atoms with E-state index in [2.05, 4.69) is 15.6 Å². The van der Waals surface area contributed by atoms with Gasteiger partial charge in [0.1, 0.15) is 5.69 Å². The maximum absolute atomic E-state index is 12.7. The second-order valence-corrected chi connectivity index (χ2v) is 5.75. The standard InChI is InChI=1S/C16H20N6O2/c1-17-10-15(23)20(2)12-5-4-11-6-7-22(13(11)8-12)16(24)14-9-18-19-21(14)3/h4-5,8-9,17H,6-7,10H2,1-3H3. The first-order valence-electron chi connectivity index (χ1n) is 7.73. The second-order valence-electron chi connectivity index (χ2n) is 5.75. The van der Waals surface area contributed by atoms with E-state index < -0.39 is 0 Å². The number of likely N-dealkylation sites (N-methyl/N-ethyl adjacent to an activating group) is 2. The normalized spacial score (nSPS) is 13.0. The number of aryl methyl sites for hydroxylation is 1. The zero-order chi connectivity index (χ0) is 17.3. The van der Waals surface area contributed by atoms with Crippen LogP contribution in [0.5, 0.6) is 0 Å². The van der Waals surface area contributed by atoms with Gasteiger partial charge in [0, 0.05) is 32.0 Å². The van der Waals surface area contributed by atoms with Crippen molar-refractivity contribution in [3.05, 3.63) is 35.7 Å². The van der Waals surface area contributed by atoms with Crippen LogP contribution in [-0.4, -0.2) is 54.0 Å². The minimum Gasteiger partial charge on any atom is -0.314 e. The number of amides is 2. The number of carbonyl (C=O) groups is 2. The third kappa shape index (κ3) is 2.76. The van der Waals surface area contributed by atoms with E-state index in [1.807, 2.05) is 18.2 Å². The first-order valence-corrected chi connectivity index (χ1v) is 7.73. The molecule has 0 saturated carbocycles. The van der Waals surface area contributed by atoms with Crippen LogP contribution >= 0.6 is 0 Å². The molecule has 24 heavy (non-hydrogen) atoms. The zero-order valence-corrected chi connectivity index (χ0v) is 14.0. The summed E-state index contributed by atoms with van der Waals surface area (Å²) in [4.78, 5) is 28.1. The van der Waals surface area contributed by atoms with Gasteiger partial charge in [-0.3, -0.25) is 9.59 Å². The number of rotatable bonds is 4. The topological polar surface area (TPSA) is 83.4 Å². The molecule has 0 fully saturated rings. The molecule has 0 radical (unpaired) electrons. The quantitative estimate of drug-likeness (QED) is 0.867. The number of hydrogen-bond donors (Lipinski definition) is 1. The third-order valence-corrected chi connectivity index (χ3v) is 4.23. The predicted octanol–water partition coefficient (Wildman–Crippen LogP) is 0.200. The van der Waals surface area contributed by atoms with Gasteiger partial charge in [-0.05, 0) is 31.2 Å². The van der Waals surface area contributed by atoms with Crippen molar-refractivity contribution >= 4 is 23.2 Å². The van der Waals surface area contributed by atoms with Crippen molar-refractivity contribution in [3.8, 4) is 0 Å². The summed E-state index contributed by atoms with van der Waals surface area (Å²) in [6, 6.07) is 5.77. The first-order chi connectivity index (χ1) is 11.5. The van der Waals surface area contributed by atoms with Gasteiger partial charge < -0.3 is 15.1 Å². The fraction of sp³-hybridized carbons (Fsp3) is 0.375. The van der Waals surface area contributed by atoms with Gasteiger partial charge in [0.15, 0.2) is 0 Å². The molecular weight excluding hydrogens is 308 g/mol. The molecule has 2 amide bonds.